The van der Waals surface area contributed by atoms with Crippen LogP contribution in [-0.4, -0.2) is 70.5 Å². The Morgan fingerprint density at radius 2 is 1.59 bits per heavy atom. The zero-order chi connectivity index (χ0) is 37.7. The molecule has 2 heterocycles. The first-order valence-electron chi connectivity index (χ1n) is 17.4. The molecule has 51 heavy (non-hydrogen) atoms. The van der Waals surface area contributed by atoms with Crippen LogP contribution in [0.25, 0.3) is 5.57 Å². The Morgan fingerprint density at radius 3 is 2.14 bits per heavy atom. The van der Waals surface area contributed by atoms with E-state index in [-0.39, 0.29) is 13.2 Å². The molecule has 1 unspecified atom stereocenters. The Morgan fingerprint density at radius 1 is 0.980 bits per heavy atom. The molecule has 0 aliphatic carbocycles. The number of amides is 2. The number of carbonyl (C=O) groups is 4. The summed E-state index contributed by atoms with van der Waals surface area (Å²) in [6.07, 6.45) is 7.37. The second-order valence-electron chi connectivity index (χ2n) is 15.1. The van der Waals surface area contributed by atoms with Gasteiger partial charge in [-0.1, -0.05) is 74.5 Å². The van der Waals surface area contributed by atoms with Gasteiger partial charge in [0.05, 0.1) is 25.2 Å². The Labute approximate surface area is 302 Å². The third kappa shape index (κ3) is 13.9. The molecule has 0 spiro atoms. The number of rotatable bonds is 13. The molecule has 1 saturated heterocycles. The number of ketones is 1. The molecule has 4 rings (SSSR count). The summed E-state index contributed by atoms with van der Waals surface area (Å²) in [5.41, 5.74) is 1.23. The van der Waals surface area contributed by atoms with Crippen molar-refractivity contribution >= 4 is 29.6 Å². The summed E-state index contributed by atoms with van der Waals surface area (Å²) in [6, 6.07) is 17.1. The van der Waals surface area contributed by atoms with Crippen molar-refractivity contribution in [2.45, 2.75) is 98.1 Å². The van der Waals surface area contributed by atoms with Crippen molar-refractivity contribution in [3.63, 3.8) is 0 Å². The number of benzene rings is 2. The van der Waals surface area contributed by atoms with Crippen molar-refractivity contribution in [3.8, 4) is 0 Å². The van der Waals surface area contributed by atoms with E-state index in [1.165, 1.54) is 52.2 Å². The highest BCUT2D eigenvalue weighted by Crippen LogP contribution is 2.26. The molecule has 3 N–H and O–H groups in total. The van der Waals surface area contributed by atoms with Gasteiger partial charge in [-0.05, 0) is 95.7 Å². The Bertz CT molecular complexity index is 1600. The van der Waals surface area contributed by atoms with Crippen molar-refractivity contribution < 1.29 is 28.7 Å². The normalized spacial score (nSPS) is 15.7. The van der Waals surface area contributed by atoms with E-state index in [4.69, 9.17) is 9.47 Å². The van der Waals surface area contributed by atoms with E-state index in [1.54, 1.807) is 38.5 Å². The maximum atomic E-state index is 13.5. The highest BCUT2D eigenvalue weighted by atomic mass is 16.6. The minimum absolute atomic E-state index is 0.110. The van der Waals surface area contributed by atoms with Gasteiger partial charge in [-0.3, -0.25) is 9.59 Å². The number of ether oxygens (including phenoxy) is 2. The number of hydrogen-bond donors (Lipinski definition) is 3. The molecule has 1 aliphatic heterocycles. The molecule has 11 heteroatoms. The van der Waals surface area contributed by atoms with E-state index < -0.39 is 41.0 Å². The summed E-state index contributed by atoms with van der Waals surface area (Å²) in [4.78, 5) is 55.3. The van der Waals surface area contributed by atoms with Crippen LogP contribution in [-0.2, 0) is 30.5 Å². The summed E-state index contributed by atoms with van der Waals surface area (Å²) in [7, 11) is 0. The molecule has 3 aromatic rings. The van der Waals surface area contributed by atoms with Crippen LogP contribution in [0.4, 0.5) is 4.79 Å². The minimum atomic E-state index is -1.39. The van der Waals surface area contributed by atoms with E-state index >= 15 is 0 Å². The van der Waals surface area contributed by atoms with Crippen molar-refractivity contribution in [1.82, 2.24) is 25.5 Å². The van der Waals surface area contributed by atoms with Gasteiger partial charge in [-0.25, -0.2) is 9.78 Å². The number of nitrogens with one attached hydrogen (secondary N) is 3. The zero-order valence-corrected chi connectivity index (χ0v) is 31.3. The fourth-order valence-corrected chi connectivity index (χ4v) is 5.17. The van der Waals surface area contributed by atoms with Crippen LogP contribution in [0.3, 0.4) is 0 Å². The topological polar surface area (TPSA) is 141 Å². The lowest BCUT2D eigenvalue weighted by molar-refractivity contribution is -0.131. The molecule has 1 aliphatic rings. The lowest BCUT2D eigenvalue weighted by atomic mass is 9.83. The number of aldehydes is 1. The monoisotopic (exact) mass is 701 g/mol. The van der Waals surface area contributed by atoms with Gasteiger partial charge in [0.15, 0.2) is 5.78 Å². The summed E-state index contributed by atoms with van der Waals surface area (Å²) >= 11 is 0. The predicted molar refractivity (Wildman–Crippen MR) is 199 cm³/mol. The molecule has 1 fully saturated rings. The maximum absolute atomic E-state index is 13.5. The summed E-state index contributed by atoms with van der Waals surface area (Å²) in [6.45, 7) is 17.2. The standard InChI is InChI=1S/C33H40N4O6.C7H15N/c1-23(26-18-37(22-34-26)28(19-38)25-15-11-8-12-16-25)17-29(39)27(21-42-20-24-13-9-7-10-14-24)35-30(40)33(5,6)36-31(41)43-32(2,3)4;1-7(2)3-5-8-6-4-7/h7-19,22,27-28H,20-21H2,1-6H3,(H,35,40)(H,36,41);8H,3-6H2,1-2H3/t27-,28?;/m1./s1. The quantitative estimate of drug-likeness (QED) is 0.145. The maximum Gasteiger partial charge on any atom is 0.408 e. The first-order valence-corrected chi connectivity index (χ1v) is 17.4. The van der Waals surface area contributed by atoms with E-state index in [1.807, 2.05) is 60.7 Å². The number of imidazole rings is 1. The van der Waals surface area contributed by atoms with Gasteiger partial charge in [0.2, 0.25) is 5.91 Å². The van der Waals surface area contributed by atoms with Crippen LogP contribution in [0, 0.1) is 5.41 Å². The van der Waals surface area contributed by atoms with Crippen LogP contribution >= 0.6 is 0 Å². The van der Waals surface area contributed by atoms with Crippen LogP contribution in [0.2, 0.25) is 0 Å². The first-order chi connectivity index (χ1) is 24.0. The van der Waals surface area contributed by atoms with Crippen molar-refractivity contribution in [3.05, 3.63) is 96.1 Å². The summed E-state index contributed by atoms with van der Waals surface area (Å²) in [5, 5.41) is 8.62. The summed E-state index contributed by atoms with van der Waals surface area (Å²) in [5.74, 6) is -1.01. The van der Waals surface area contributed by atoms with E-state index in [2.05, 4.69) is 34.8 Å². The molecule has 1 aromatic heterocycles. The average Bonchev–Trinajstić information content (AvgIpc) is 3.55. The van der Waals surface area contributed by atoms with Gasteiger partial charge >= 0.3 is 6.09 Å². The molecular formula is C40H55N5O6. The van der Waals surface area contributed by atoms with Crippen LogP contribution in [0.15, 0.2) is 79.3 Å². The third-order valence-electron chi connectivity index (χ3n) is 8.34. The smallest absolute Gasteiger partial charge is 0.408 e. The lowest BCUT2D eigenvalue weighted by Crippen LogP contribution is -2.59. The van der Waals surface area contributed by atoms with E-state index in [9.17, 15) is 19.2 Å². The highest BCUT2D eigenvalue weighted by molar-refractivity contribution is 6.02. The van der Waals surface area contributed by atoms with Gasteiger partial charge in [0.25, 0.3) is 0 Å². The molecule has 0 saturated carbocycles. The van der Waals surface area contributed by atoms with Gasteiger partial charge in [-0.15, -0.1) is 0 Å². The van der Waals surface area contributed by atoms with Crippen LogP contribution in [0.5, 0.6) is 0 Å². The van der Waals surface area contributed by atoms with Crippen molar-refractivity contribution in [2.75, 3.05) is 19.7 Å². The van der Waals surface area contributed by atoms with Gasteiger partial charge in [0, 0.05) is 6.20 Å². The second kappa shape index (κ2) is 18.6. The number of piperidine rings is 1. The number of nitrogens with zero attached hydrogens (tertiary/aromatic N) is 2. The second-order valence-corrected chi connectivity index (χ2v) is 15.1. The molecule has 2 aromatic carbocycles. The average molecular weight is 702 g/mol. The van der Waals surface area contributed by atoms with Crippen molar-refractivity contribution in [1.29, 1.82) is 0 Å². The SMILES string of the molecule is CC(=CC(=O)[C@@H](COCc1ccccc1)NC(=O)C(C)(C)NC(=O)OC(C)(C)C)c1cn(C(C=O)c2ccccc2)cn1.CC1(C)CCNCC1. The highest BCUT2D eigenvalue weighted by Gasteiger charge is 2.34. The Hall–Kier alpha value is -4.61. The lowest BCUT2D eigenvalue weighted by Gasteiger charge is -2.29. The molecule has 276 valence electrons. The number of hydrogen-bond acceptors (Lipinski definition) is 8. The molecule has 2 amide bonds. The zero-order valence-electron chi connectivity index (χ0n) is 31.3. The minimum Gasteiger partial charge on any atom is -0.444 e. The Balaban J connectivity index is 0.000000770. The van der Waals surface area contributed by atoms with Crippen LogP contribution in [0.1, 0.15) is 91.1 Å². The predicted octanol–water partition coefficient (Wildman–Crippen LogP) is 6.04. The largest absolute Gasteiger partial charge is 0.444 e. The van der Waals surface area contributed by atoms with Crippen molar-refractivity contribution in [2.24, 2.45) is 5.41 Å². The van der Waals surface area contributed by atoms with Crippen LogP contribution < -0.4 is 16.0 Å². The number of alkyl carbamates (subject to hydrolysis) is 1. The van der Waals surface area contributed by atoms with E-state index in [0.717, 1.165) is 17.4 Å². The molecule has 2 atom stereocenters. The van der Waals surface area contributed by atoms with Gasteiger partial charge in [0.1, 0.15) is 29.5 Å². The molecule has 11 nitrogen and oxygen atoms in total. The number of carbonyl (C=O) groups excluding carboxylic acids is 4. The molecule has 0 bridgehead atoms. The van der Waals surface area contributed by atoms with Gasteiger partial charge in [-0.2, -0.15) is 0 Å². The third-order valence-corrected chi connectivity index (χ3v) is 8.34. The fourth-order valence-electron chi connectivity index (χ4n) is 5.17. The van der Waals surface area contributed by atoms with E-state index in [0.29, 0.717) is 16.7 Å². The first kappa shape index (κ1) is 40.8. The number of allylic oxidation sites excluding steroid dienone is 1. The summed E-state index contributed by atoms with van der Waals surface area (Å²) < 4.78 is 12.8. The number of aromatic nitrogens is 2. The Kier molecular flexibility index (Phi) is 14.9. The molecular weight excluding hydrogens is 646 g/mol. The fraction of sp³-hybridized carbons (Fsp3) is 0.475. The van der Waals surface area contributed by atoms with Gasteiger partial charge < -0.3 is 34.8 Å². The molecule has 0 radical (unpaired) electrons.